The van der Waals surface area contributed by atoms with Crippen LogP contribution in [0.4, 0.5) is 8.78 Å². The van der Waals surface area contributed by atoms with Crippen molar-refractivity contribution in [2.24, 2.45) is 5.92 Å². The first-order chi connectivity index (χ1) is 18.2. The molecule has 0 amide bonds. The van der Waals surface area contributed by atoms with Gasteiger partial charge in [-0.05, 0) is 110 Å². The van der Waals surface area contributed by atoms with Gasteiger partial charge in [0, 0.05) is 18.3 Å². The highest BCUT2D eigenvalue weighted by Crippen LogP contribution is 2.37. The Bertz CT molecular complexity index is 1210. The summed E-state index contributed by atoms with van der Waals surface area (Å²) in [5.41, 5.74) is 7.18. The first-order valence-corrected chi connectivity index (χ1v) is 13.5. The van der Waals surface area contributed by atoms with Crippen LogP contribution in [0, 0.1) is 5.92 Å². The van der Waals surface area contributed by atoms with Crippen molar-refractivity contribution in [3.8, 4) is 5.75 Å². The highest BCUT2D eigenvalue weighted by atomic mass is 19.3. The summed E-state index contributed by atoms with van der Waals surface area (Å²) in [6.07, 6.45) is 4.22. The Hall–Kier alpha value is -3.41. The smallest absolute Gasteiger partial charge is 0.394 e. The molecule has 2 N–H and O–H groups in total. The van der Waals surface area contributed by atoms with E-state index in [1.54, 1.807) is 19.1 Å². The minimum absolute atomic E-state index is 0.0801. The highest BCUT2D eigenvalue weighted by Gasteiger charge is 2.28. The van der Waals surface area contributed by atoms with E-state index >= 15 is 0 Å². The molecule has 0 heterocycles. The summed E-state index contributed by atoms with van der Waals surface area (Å²) in [5, 5.41) is 13.7. The highest BCUT2D eigenvalue weighted by molar-refractivity contribution is 5.93. The molecule has 0 bridgehead atoms. The number of fused-ring (bicyclic) bond motifs is 1. The number of alkyl halides is 2. The lowest BCUT2D eigenvalue weighted by atomic mass is 9.77. The van der Waals surface area contributed by atoms with Crippen molar-refractivity contribution in [2.45, 2.75) is 79.3 Å². The van der Waals surface area contributed by atoms with Crippen molar-refractivity contribution in [1.82, 2.24) is 5.32 Å². The van der Waals surface area contributed by atoms with Gasteiger partial charge in [-0.2, -0.15) is 8.78 Å². The van der Waals surface area contributed by atoms with Crippen LogP contribution in [0.3, 0.4) is 0 Å². The topological polar surface area (TPSA) is 58.6 Å². The molecule has 204 valence electrons. The fraction of sp³-hybridized carbons (Fsp3) is 0.406. The molecule has 1 unspecified atom stereocenters. The van der Waals surface area contributed by atoms with Gasteiger partial charge in [0.1, 0.15) is 5.75 Å². The Kier molecular flexibility index (Phi) is 9.90. The molecule has 2 aromatic rings. The van der Waals surface area contributed by atoms with Crippen LogP contribution < -0.4 is 10.1 Å². The van der Waals surface area contributed by atoms with Gasteiger partial charge in [0.2, 0.25) is 0 Å². The molecule has 1 fully saturated rings. The zero-order valence-corrected chi connectivity index (χ0v) is 23.0. The summed E-state index contributed by atoms with van der Waals surface area (Å²) in [4.78, 5) is 12.5. The molecular weight excluding hydrogens is 484 g/mol. The van der Waals surface area contributed by atoms with Crippen LogP contribution in [0.1, 0.15) is 77.0 Å². The molecule has 2 aromatic carbocycles. The van der Waals surface area contributed by atoms with Gasteiger partial charge >= 0.3 is 12.1 Å². The number of rotatable bonds is 8. The van der Waals surface area contributed by atoms with Gasteiger partial charge in [-0.15, -0.1) is 0 Å². The van der Waals surface area contributed by atoms with E-state index in [0.29, 0.717) is 18.2 Å². The first-order valence-electron chi connectivity index (χ1n) is 13.5. The lowest BCUT2D eigenvalue weighted by Gasteiger charge is -2.29. The normalized spacial score (nSPS) is 17.7. The van der Waals surface area contributed by atoms with E-state index < -0.39 is 12.1 Å². The summed E-state index contributed by atoms with van der Waals surface area (Å²) >= 11 is 0. The van der Waals surface area contributed by atoms with Crippen LogP contribution in [0.25, 0.3) is 5.70 Å². The molecule has 1 saturated carbocycles. The second kappa shape index (κ2) is 12.9. The molecular formula is C32H39F2NO3. The van der Waals surface area contributed by atoms with E-state index in [-0.39, 0.29) is 11.7 Å². The number of carbonyl (C=O) groups is 1. The van der Waals surface area contributed by atoms with Gasteiger partial charge in [0.05, 0.1) is 5.57 Å². The second-order valence-corrected chi connectivity index (χ2v) is 9.65. The molecule has 0 radical (unpaired) electrons. The van der Waals surface area contributed by atoms with Crippen molar-refractivity contribution in [2.75, 3.05) is 0 Å². The van der Waals surface area contributed by atoms with Gasteiger partial charge in [0.15, 0.2) is 0 Å². The monoisotopic (exact) mass is 523 g/mol. The third-order valence-electron chi connectivity index (χ3n) is 7.04. The van der Waals surface area contributed by atoms with Crippen LogP contribution in [-0.2, 0) is 17.6 Å². The van der Waals surface area contributed by atoms with Crippen molar-refractivity contribution < 1.29 is 23.4 Å². The number of nitrogens with one attached hydrogen (secondary N) is 1. The zero-order valence-electron chi connectivity index (χ0n) is 23.0. The zero-order chi connectivity index (χ0) is 27.9. The molecule has 2 aliphatic rings. The Morgan fingerprint density at radius 3 is 2.21 bits per heavy atom. The van der Waals surface area contributed by atoms with Crippen LogP contribution in [0.5, 0.6) is 5.75 Å². The summed E-state index contributed by atoms with van der Waals surface area (Å²) in [6.45, 7) is 8.41. The van der Waals surface area contributed by atoms with E-state index in [0.717, 1.165) is 55.4 Å². The number of aryl methyl sites for hydroxylation is 1. The molecule has 1 atom stereocenters. The van der Waals surface area contributed by atoms with E-state index in [1.807, 2.05) is 39.0 Å². The lowest BCUT2D eigenvalue weighted by molar-refractivity contribution is -0.159. The van der Waals surface area contributed by atoms with E-state index in [1.165, 1.54) is 28.8 Å². The average Bonchev–Trinajstić information content (AvgIpc) is 2.86. The molecule has 4 nitrogen and oxygen atoms in total. The molecule has 0 saturated heterocycles. The average molecular weight is 524 g/mol. The Balaban J connectivity index is 0.00000195. The Morgan fingerprint density at radius 1 is 1.05 bits per heavy atom. The standard InChI is InChI=1S/C30H33F2NO3.C2H6/c1-4-26(24-13-12-20-8-5-6-9-23(20)18-24)27(29(34)35)19(2)33-28(21-10-7-11-21)22-14-16-25(17-15-22)36-30(3,31)32;1-2/h4-6,8-9,14-17,24,33H,7,10-13,18H2,1-3H3,(H,34,35);1-2H3/b26-4-,27-19-;. The van der Waals surface area contributed by atoms with Crippen LogP contribution in [-0.4, -0.2) is 17.2 Å². The van der Waals surface area contributed by atoms with Gasteiger partial charge in [0.25, 0.3) is 0 Å². The van der Waals surface area contributed by atoms with Crippen molar-refractivity contribution >= 4 is 11.7 Å². The van der Waals surface area contributed by atoms with Gasteiger partial charge in [-0.1, -0.05) is 44.2 Å². The fourth-order valence-corrected chi connectivity index (χ4v) is 5.16. The van der Waals surface area contributed by atoms with Crippen LogP contribution in [0.15, 0.2) is 77.0 Å². The van der Waals surface area contributed by atoms with E-state index in [9.17, 15) is 18.7 Å². The summed E-state index contributed by atoms with van der Waals surface area (Å²) < 4.78 is 31.1. The molecule has 2 aliphatic carbocycles. The summed E-state index contributed by atoms with van der Waals surface area (Å²) in [5.74, 6) is -0.755. The van der Waals surface area contributed by atoms with E-state index in [2.05, 4.69) is 22.2 Å². The number of allylic oxidation sites excluding steroid dienone is 3. The second-order valence-electron chi connectivity index (χ2n) is 9.65. The minimum Gasteiger partial charge on any atom is -0.478 e. The summed E-state index contributed by atoms with van der Waals surface area (Å²) in [7, 11) is 0. The molecule has 38 heavy (non-hydrogen) atoms. The molecule has 6 heteroatoms. The predicted octanol–water partition coefficient (Wildman–Crippen LogP) is 8.30. The van der Waals surface area contributed by atoms with Crippen LogP contribution >= 0.6 is 0 Å². The maximum atomic E-state index is 13.2. The first kappa shape index (κ1) is 29.2. The van der Waals surface area contributed by atoms with Gasteiger partial charge in [-0.3, -0.25) is 0 Å². The van der Waals surface area contributed by atoms with Crippen molar-refractivity contribution in [3.63, 3.8) is 0 Å². The number of ether oxygens (including phenoxy) is 1. The number of hydrogen-bond donors (Lipinski definition) is 2. The SMILES string of the molecule is C/C=C(\C(C(=O)O)=C(/C)NC(=C1CCC1)c1ccc(OC(C)(F)F)cc1)C1CCc2ccccc2C1.CC. The molecule has 0 spiro atoms. The summed E-state index contributed by atoms with van der Waals surface area (Å²) in [6, 6.07) is 14.9. The number of benzene rings is 2. The Morgan fingerprint density at radius 2 is 1.68 bits per heavy atom. The third-order valence-corrected chi connectivity index (χ3v) is 7.04. The lowest BCUT2D eigenvalue weighted by Crippen LogP contribution is -2.24. The molecule has 0 aliphatic heterocycles. The largest absolute Gasteiger partial charge is 0.478 e. The fourth-order valence-electron chi connectivity index (χ4n) is 5.16. The van der Waals surface area contributed by atoms with Gasteiger partial charge < -0.3 is 15.2 Å². The van der Waals surface area contributed by atoms with Crippen molar-refractivity contribution in [1.29, 1.82) is 0 Å². The predicted molar refractivity (Wildman–Crippen MR) is 149 cm³/mol. The molecule has 0 aromatic heterocycles. The van der Waals surface area contributed by atoms with Crippen LogP contribution in [0.2, 0.25) is 0 Å². The van der Waals surface area contributed by atoms with Gasteiger partial charge in [-0.25, -0.2) is 4.79 Å². The number of carboxylic acid groups (broad SMARTS) is 1. The quantitative estimate of drug-likeness (QED) is 0.270. The Labute approximate surface area is 225 Å². The molecule has 4 rings (SSSR count). The number of aliphatic carboxylic acids is 1. The third kappa shape index (κ3) is 7.12. The number of halogens is 2. The maximum absolute atomic E-state index is 13.2. The van der Waals surface area contributed by atoms with Crippen molar-refractivity contribution in [3.05, 3.63) is 93.7 Å². The number of carboxylic acids is 1. The minimum atomic E-state index is -3.26. The van der Waals surface area contributed by atoms with E-state index in [4.69, 9.17) is 0 Å². The number of hydrogen-bond acceptors (Lipinski definition) is 3. The maximum Gasteiger partial charge on any atom is 0.394 e.